The van der Waals surface area contributed by atoms with Crippen molar-refractivity contribution in [2.24, 2.45) is 0 Å². The Bertz CT molecular complexity index is 1040. The summed E-state index contributed by atoms with van der Waals surface area (Å²) in [4.78, 5) is 28.9. The van der Waals surface area contributed by atoms with Crippen LogP contribution in [0.4, 0.5) is 0 Å². The molecule has 152 valence electrons. The molecule has 1 saturated heterocycles. The fourth-order valence-corrected chi connectivity index (χ4v) is 5.02. The zero-order valence-electron chi connectivity index (χ0n) is 16.0. The Kier molecular flexibility index (Phi) is 6.47. The summed E-state index contributed by atoms with van der Waals surface area (Å²) in [5.74, 6) is -0.318. The van der Waals surface area contributed by atoms with E-state index in [1.165, 1.54) is 36.6 Å². The topological polar surface area (TPSA) is 62.6 Å². The molecule has 1 amide bonds. The minimum absolute atomic E-state index is 0.0430. The molecule has 7 heteroatoms. The van der Waals surface area contributed by atoms with Gasteiger partial charge in [-0.05, 0) is 55.6 Å². The molecule has 1 atom stereocenters. The van der Waals surface area contributed by atoms with Gasteiger partial charge in [0.15, 0.2) is 11.2 Å². The molecule has 4 rings (SSSR count). The van der Waals surface area contributed by atoms with E-state index in [2.05, 4.69) is 37.6 Å². The monoisotopic (exact) mass is 474 g/mol. The molecule has 1 N–H and O–H groups in total. The maximum absolute atomic E-state index is 12.8. The van der Waals surface area contributed by atoms with Gasteiger partial charge >= 0.3 is 0 Å². The van der Waals surface area contributed by atoms with E-state index in [0.29, 0.717) is 17.5 Å². The van der Waals surface area contributed by atoms with Crippen LogP contribution in [-0.2, 0) is 0 Å². The number of fused-ring (bicyclic) bond motifs is 1. The second-order valence-corrected chi connectivity index (χ2v) is 9.20. The average molecular weight is 475 g/mol. The van der Waals surface area contributed by atoms with Crippen LogP contribution >= 0.6 is 27.3 Å². The number of carbonyl (C=O) groups is 1. The number of rotatable bonds is 5. The molecule has 1 aliphatic rings. The van der Waals surface area contributed by atoms with Crippen LogP contribution < -0.4 is 10.7 Å². The summed E-state index contributed by atoms with van der Waals surface area (Å²) in [6, 6.07) is 10.8. The standard InChI is InChI=1S/C22H23BrN2O3S/c23-15-7-8-16-18(26)13-20(28-19(16)12-15)22(27)24-14-17(21-6-5-11-29-21)25-9-3-1-2-4-10-25/h5-8,11-13,17H,1-4,9-10,14H2,(H,24,27)/t17-/m1/s1. The molecule has 0 bridgehead atoms. The second-order valence-electron chi connectivity index (χ2n) is 7.31. The fraction of sp³-hybridized carbons (Fsp3) is 0.364. The summed E-state index contributed by atoms with van der Waals surface area (Å²) < 4.78 is 6.52. The molecular formula is C22H23BrN2O3S. The molecule has 5 nitrogen and oxygen atoms in total. The van der Waals surface area contributed by atoms with Crippen molar-refractivity contribution >= 4 is 44.1 Å². The average Bonchev–Trinajstić information content (AvgIpc) is 3.10. The number of nitrogens with one attached hydrogen (secondary N) is 1. The Balaban J connectivity index is 1.53. The first-order valence-electron chi connectivity index (χ1n) is 9.91. The molecule has 0 unspecified atom stereocenters. The molecule has 1 aliphatic heterocycles. The molecule has 2 aromatic heterocycles. The Morgan fingerprint density at radius 1 is 1.17 bits per heavy atom. The van der Waals surface area contributed by atoms with Crippen molar-refractivity contribution < 1.29 is 9.21 Å². The fourth-order valence-electron chi connectivity index (χ4n) is 3.81. The number of halogens is 1. The van der Waals surface area contributed by atoms with Crippen molar-refractivity contribution in [3.05, 3.63) is 67.1 Å². The predicted octanol–water partition coefficient (Wildman–Crippen LogP) is 4.96. The van der Waals surface area contributed by atoms with Gasteiger partial charge in [0.1, 0.15) is 5.58 Å². The van der Waals surface area contributed by atoms with E-state index in [-0.39, 0.29) is 23.1 Å². The first-order valence-corrected chi connectivity index (χ1v) is 11.6. The first-order chi connectivity index (χ1) is 14.1. The van der Waals surface area contributed by atoms with E-state index in [9.17, 15) is 9.59 Å². The molecule has 0 saturated carbocycles. The molecule has 3 heterocycles. The summed E-state index contributed by atoms with van der Waals surface area (Å²) >= 11 is 5.09. The van der Waals surface area contributed by atoms with Crippen LogP contribution in [0.5, 0.6) is 0 Å². The normalized spacial score (nSPS) is 16.4. The summed E-state index contributed by atoms with van der Waals surface area (Å²) in [7, 11) is 0. The zero-order chi connectivity index (χ0) is 20.2. The van der Waals surface area contributed by atoms with Crippen LogP contribution in [0.25, 0.3) is 11.0 Å². The second kappa shape index (κ2) is 9.24. The number of hydrogen-bond donors (Lipinski definition) is 1. The van der Waals surface area contributed by atoms with Crippen LogP contribution in [0, 0.1) is 0 Å². The molecule has 0 spiro atoms. The van der Waals surface area contributed by atoms with Gasteiger partial charge in [-0.2, -0.15) is 0 Å². The van der Waals surface area contributed by atoms with E-state index in [0.717, 1.165) is 17.6 Å². The van der Waals surface area contributed by atoms with E-state index >= 15 is 0 Å². The Hall–Kier alpha value is -1.96. The minimum Gasteiger partial charge on any atom is -0.451 e. The highest BCUT2D eigenvalue weighted by Gasteiger charge is 2.24. The predicted molar refractivity (Wildman–Crippen MR) is 120 cm³/mol. The van der Waals surface area contributed by atoms with Gasteiger partial charge in [0, 0.05) is 22.0 Å². The highest BCUT2D eigenvalue weighted by molar-refractivity contribution is 9.10. The van der Waals surface area contributed by atoms with Crippen molar-refractivity contribution in [1.29, 1.82) is 0 Å². The van der Waals surface area contributed by atoms with E-state index in [1.54, 1.807) is 29.5 Å². The summed E-state index contributed by atoms with van der Waals surface area (Å²) in [5, 5.41) is 5.53. The molecule has 0 radical (unpaired) electrons. The maximum atomic E-state index is 12.8. The number of likely N-dealkylation sites (tertiary alicyclic amines) is 1. The van der Waals surface area contributed by atoms with Gasteiger partial charge in [0.05, 0.1) is 11.4 Å². The molecule has 29 heavy (non-hydrogen) atoms. The lowest BCUT2D eigenvalue weighted by Gasteiger charge is -2.30. The Labute approximate surface area is 181 Å². The molecule has 1 fully saturated rings. The van der Waals surface area contributed by atoms with Crippen LogP contribution in [0.2, 0.25) is 0 Å². The van der Waals surface area contributed by atoms with Crippen LogP contribution in [-0.4, -0.2) is 30.4 Å². The quantitative estimate of drug-likeness (QED) is 0.567. The lowest BCUT2D eigenvalue weighted by molar-refractivity contribution is 0.0907. The van der Waals surface area contributed by atoms with Crippen LogP contribution in [0.1, 0.15) is 47.2 Å². The third kappa shape index (κ3) is 4.79. The lowest BCUT2D eigenvalue weighted by Crippen LogP contribution is -2.38. The Morgan fingerprint density at radius 3 is 2.69 bits per heavy atom. The van der Waals surface area contributed by atoms with Gasteiger partial charge in [0.2, 0.25) is 0 Å². The van der Waals surface area contributed by atoms with Gasteiger partial charge in [-0.15, -0.1) is 11.3 Å². The first kappa shape index (κ1) is 20.3. The number of hydrogen-bond acceptors (Lipinski definition) is 5. The van der Waals surface area contributed by atoms with Gasteiger partial charge in [-0.1, -0.05) is 34.8 Å². The van der Waals surface area contributed by atoms with Gasteiger partial charge in [0.25, 0.3) is 5.91 Å². The van der Waals surface area contributed by atoms with Crippen molar-refractivity contribution in [2.45, 2.75) is 31.7 Å². The lowest BCUT2D eigenvalue weighted by atomic mass is 10.1. The van der Waals surface area contributed by atoms with Gasteiger partial charge in [-0.25, -0.2) is 0 Å². The maximum Gasteiger partial charge on any atom is 0.287 e. The minimum atomic E-state index is -0.361. The third-order valence-electron chi connectivity index (χ3n) is 5.32. The highest BCUT2D eigenvalue weighted by Crippen LogP contribution is 2.27. The number of carbonyl (C=O) groups excluding carboxylic acids is 1. The van der Waals surface area contributed by atoms with Crippen molar-refractivity contribution in [1.82, 2.24) is 10.2 Å². The SMILES string of the molecule is O=C(NC[C@H](c1cccs1)N1CCCCCC1)c1cc(=O)c2ccc(Br)cc2o1. The van der Waals surface area contributed by atoms with Crippen molar-refractivity contribution in [3.8, 4) is 0 Å². The van der Waals surface area contributed by atoms with E-state index < -0.39 is 0 Å². The third-order valence-corrected chi connectivity index (χ3v) is 6.79. The largest absolute Gasteiger partial charge is 0.451 e. The molecular weight excluding hydrogens is 452 g/mol. The number of nitrogens with zero attached hydrogens (tertiary/aromatic N) is 1. The summed E-state index contributed by atoms with van der Waals surface area (Å²) in [5.41, 5.74) is 0.186. The van der Waals surface area contributed by atoms with E-state index in [4.69, 9.17) is 4.42 Å². The summed E-state index contributed by atoms with van der Waals surface area (Å²) in [6.45, 7) is 2.56. The summed E-state index contributed by atoms with van der Waals surface area (Å²) in [6.07, 6.45) is 4.89. The van der Waals surface area contributed by atoms with Crippen LogP contribution in [0.15, 0.2) is 55.5 Å². The smallest absolute Gasteiger partial charge is 0.287 e. The van der Waals surface area contributed by atoms with Crippen LogP contribution in [0.3, 0.4) is 0 Å². The number of thiophene rings is 1. The highest BCUT2D eigenvalue weighted by atomic mass is 79.9. The van der Waals surface area contributed by atoms with Gasteiger partial charge < -0.3 is 9.73 Å². The van der Waals surface area contributed by atoms with Gasteiger partial charge in [-0.3, -0.25) is 14.5 Å². The Morgan fingerprint density at radius 2 is 1.97 bits per heavy atom. The number of benzene rings is 1. The molecule has 1 aromatic carbocycles. The number of amides is 1. The van der Waals surface area contributed by atoms with E-state index in [1.807, 2.05) is 6.07 Å². The zero-order valence-corrected chi connectivity index (χ0v) is 18.4. The van der Waals surface area contributed by atoms with Crippen molar-refractivity contribution in [3.63, 3.8) is 0 Å². The van der Waals surface area contributed by atoms with Crippen molar-refractivity contribution in [2.75, 3.05) is 19.6 Å². The molecule has 3 aromatic rings. The molecule has 0 aliphatic carbocycles.